The van der Waals surface area contributed by atoms with Crippen molar-refractivity contribution >= 4 is 5.91 Å². The zero-order valence-corrected chi connectivity index (χ0v) is 38.9. The molecule has 1 saturated heterocycles. The van der Waals surface area contributed by atoms with E-state index < -0.39 is 49.5 Å². The molecule has 0 aromatic heterocycles. The van der Waals surface area contributed by atoms with Crippen molar-refractivity contribution in [1.82, 2.24) is 5.32 Å². The third kappa shape index (κ3) is 32.2. The summed E-state index contributed by atoms with van der Waals surface area (Å²) in [6.07, 6.45) is 48.3. The number of carbonyl (C=O) groups excluding carboxylic acids is 1. The summed E-state index contributed by atoms with van der Waals surface area (Å²) >= 11 is 0. The lowest BCUT2D eigenvalue weighted by Gasteiger charge is -2.40. The minimum absolute atomic E-state index is 0.197. The van der Waals surface area contributed by atoms with Crippen LogP contribution >= 0.6 is 0 Å². The Balaban J connectivity index is 2.35. The Bertz CT molecular complexity index is 1140. The van der Waals surface area contributed by atoms with Gasteiger partial charge in [-0.2, -0.15) is 0 Å². The first-order valence-electron chi connectivity index (χ1n) is 25.0. The largest absolute Gasteiger partial charge is 0.394 e. The fourth-order valence-electron chi connectivity index (χ4n) is 7.51. The number of amides is 1. The molecule has 6 N–H and O–H groups in total. The summed E-state index contributed by atoms with van der Waals surface area (Å²) in [6.45, 7) is 3.73. The van der Waals surface area contributed by atoms with Gasteiger partial charge < -0.3 is 40.3 Å². The molecular weight excluding hydrogens is 767 g/mol. The van der Waals surface area contributed by atoms with E-state index in [4.69, 9.17) is 9.47 Å². The second-order valence-electron chi connectivity index (χ2n) is 17.2. The van der Waals surface area contributed by atoms with Crippen LogP contribution in [0.3, 0.4) is 0 Å². The molecule has 354 valence electrons. The van der Waals surface area contributed by atoms with Gasteiger partial charge in [-0.15, -0.1) is 0 Å². The Morgan fingerprint density at radius 3 is 1.48 bits per heavy atom. The van der Waals surface area contributed by atoms with Crippen LogP contribution in [0, 0.1) is 0 Å². The van der Waals surface area contributed by atoms with E-state index in [0.717, 1.165) is 70.6 Å². The number of nitrogens with one attached hydrogen (secondary N) is 1. The van der Waals surface area contributed by atoms with Gasteiger partial charge >= 0.3 is 0 Å². The van der Waals surface area contributed by atoms with E-state index in [1.807, 2.05) is 6.08 Å². The van der Waals surface area contributed by atoms with Crippen LogP contribution in [0.15, 0.2) is 60.8 Å². The van der Waals surface area contributed by atoms with E-state index in [2.05, 4.69) is 67.8 Å². The maximum Gasteiger partial charge on any atom is 0.220 e. The molecule has 1 aliphatic heterocycles. The van der Waals surface area contributed by atoms with Gasteiger partial charge in [-0.3, -0.25) is 4.79 Å². The number of ether oxygens (including phenoxy) is 2. The zero-order valence-electron chi connectivity index (χ0n) is 38.9. The Morgan fingerprint density at radius 2 is 0.984 bits per heavy atom. The number of aliphatic hydroxyl groups is 5. The molecule has 61 heavy (non-hydrogen) atoms. The number of allylic oxidation sites excluding steroid dienone is 9. The SMILES string of the molecule is CCCCCCC/C=C\C/C=C\CCCCCCCCCCCC(=O)NC(COC1OC(CO)C(O)C(O)C1O)C(O)/C=C/CC/C=C/CC/C=C/CCCCCCCCC. The predicted octanol–water partition coefficient (Wildman–Crippen LogP) is 11.2. The van der Waals surface area contributed by atoms with Gasteiger partial charge in [0, 0.05) is 6.42 Å². The number of aliphatic hydroxyl groups excluding tert-OH is 5. The second-order valence-corrected chi connectivity index (χ2v) is 17.2. The third-order valence-electron chi connectivity index (χ3n) is 11.5. The first-order valence-corrected chi connectivity index (χ1v) is 25.0. The summed E-state index contributed by atoms with van der Waals surface area (Å²) in [5, 5.41) is 54.3. The highest BCUT2D eigenvalue weighted by atomic mass is 16.7. The van der Waals surface area contributed by atoms with E-state index in [0.29, 0.717) is 6.42 Å². The molecule has 1 fully saturated rings. The van der Waals surface area contributed by atoms with Gasteiger partial charge in [0.05, 0.1) is 25.4 Å². The highest BCUT2D eigenvalue weighted by Crippen LogP contribution is 2.22. The number of carbonyl (C=O) groups is 1. The molecule has 0 bridgehead atoms. The molecule has 9 nitrogen and oxygen atoms in total. The molecule has 1 aliphatic rings. The fourth-order valence-corrected chi connectivity index (χ4v) is 7.51. The molecule has 7 atom stereocenters. The van der Waals surface area contributed by atoms with Crippen LogP contribution in [0.5, 0.6) is 0 Å². The maximum atomic E-state index is 13.0. The van der Waals surface area contributed by atoms with Crippen molar-refractivity contribution in [1.29, 1.82) is 0 Å². The Kier molecular flexibility index (Phi) is 39.1. The van der Waals surface area contributed by atoms with Gasteiger partial charge in [-0.25, -0.2) is 0 Å². The quantitative estimate of drug-likeness (QED) is 0.0263. The van der Waals surface area contributed by atoms with Gasteiger partial charge in [0.15, 0.2) is 6.29 Å². The molecule has 0 aromatic rings. The van der Waals surface area contributed by atoms with E-state index in [1.54, 1.807) is 6.08 Å². The maximum absolute atomic E-state index is 13.0. The number of rotatable bonds is 41. The van der Waals surface area contributed by atoms with Gasteiger partial charge in [0.25, 0.3) is 0 Å². The smallest absolute Gasteiger partial charge is 0.220 e. The minimum atomic E-state index is -1.58. The van der Waals surface area contributed by atoms with Crippen LogP contribution in [0.25, 0.3) is 0 Å². The minimum Gasteiger partial charge on any atom is -0.394 e. The predicted molar refractivity (Wildman–Crippen MR) is 253 cm³/mol. The number of hydrogen-bond donors (Lipinski definition) is 6. The Hall–Kier alpha value is -2.11. The molecule has 1 heterocycles. The molecule has 7 unspecified atom stereocenters. The van der Waals surface area contributed by atoms with Crippen LogP contribution in [-0.2, 0) is 14.3 Å². The summed E-state index contributed by atoms with van der Waals surface area (Å²) in [5.41, 5.74) is 0. The molecule has 1 rings (SSSR count). The zero-order chi connectivity index (χ0) is 44.4. The van der Waals surface area contributed by atoms with Crippen molar-refractivity contribution < 1.29 is 39.8 Å². The van der Waals surface area contributed by atoms with Crippen LogP contribution in [0.2, 0.25) is 0 Å². The average molecular weight is 860 g/mol. The van der Waals surface area contributed by atoms with E-state index in [9.17, 15) is 30.3 Å². The molecule has 0 aromatic carbocycles. The van der Waals surface area contributed by atoms with E-state index in [-0.39, 0.29) is 12.5 Å². The highest BCUT2D eigenvalue weighted by Gasteiger charge is 2.44. The van der Waals surface area contributed by atoms with Crippen molar-refractivity contribution in [3.8, 4) is 0 Å². The van der Waals surface area contributed by atoms with Gasteiger partial charge in [-0.05, 0) is 77.0 Å². The first-order chi connectivity index (χ1) is 29.8. The highest BCUT2D eigenvalue weighted by molar-refractivity contribution is 5.76. The van der Waals surface area contributed by atoms with Crippen LogP contribution in [-0.4, -0.2) is 87.5 Å². The van der Waals surface area contributed by atoms with Crippen molar-refractivity contribution in [2.24, 2.45) is 0 Å². The first kappa shape index (κ1) is 56.9. The molecular formula is C52H93NO8. The van der Waals surface area contributed by atoms with Crippen molar-refractivity contribution in [2.45, 2.75) is 249 Å². The summed E-state index contributed by atoms with van der Waals surface area (Å²) in [5.74, 6) is -0.197. The number of unbranched alkanes of at least 4 members (excludes halogenated alkanes) is 23. The summed E-state index contributed by atoms with van der Waals surface area (Å²) in [6, 6.07) is -0.832. The molecule has 0 aliphatic carbocycles. The summed E-state index contributed by atoms with van der Waals surface area (Å²) < 4.78 is 11.2. The van der Waals surface area contributed by atoms with Gasteiger partial charge in [0.2, 0.25) is 5.91 Å². The van der Waals surface area contributed by atoms with Crippen molar-refractivity contribution in [3.63, 3.8) is 0 Å². The average Bonchev–Trinajstić information content (AvgIpc) is 3.26. The van der Waals surface area contributed by atoms with Crippen LogP contribution < -0.4 is 5.32 Å². The van der Waals surface area contributed by atoms with Crippen molar-refractivity contribution in [2.75, 3.05) is 13.2 Å². The molecule has 0 saturated carbocycles. The topological polar surface area (TPSA) is 149 Å². The normalized spacial score (nSPS) is 20.9. The fraction of sp³-hybridized carbons (Fsp3) is 0.788. The lowest BCUT2D eigenvalue weighted by Crippen LogP contribution is -2.60. The summed E-state index contributed by atoms with van der Waals surface area (Å²) in [4.78, 5) is 13.0. The molecule has 0 radical (unpaired) electrons. The number of hydrogen-bond acceptors (Lipinski definition) is 8. The molecule has 0 spiro atoms. The Labute approximate surface area is 373 Å². The molecule has 1 amide bonds. The third-order valence-corrected chi connectivity index (χ3v) is 11.5. The van der Waals surface area contributed by atoms with Crippen LogP contribution in [0.1, 0.15) is 206 Å². The van der Waals surface area contributed by atoms with E-state index >= 15 is 0 Å². The lowest BCUT2D eigenvalue weighted by molar-refractivity contribution is -0.302. The molecule has 9 heteroatoms. The standard InChI is InChI=1S/C52H93NO8/c1-3-5-7-9-11-13-15-17-19-21-22-23-24-26-28-30-32-34-36-38-40-42-48(56)53-45(44-60-52-51(59)50(58)49(57)47(43-54)61-52)46(55)41-39-37-35-33-31-29-27-25-20-18-16-14-12-10-8-6-4-2/h15,17,20-22,25,31,33,39,41,45-47,49-52,54-55,57-59H,3-14,16,18-19,23-24,26-30,32,34-38,40,42-44H2,1-2H3,(H,53,56)/b17-15-,22-21-,25-20+,33-31+,41-39+. The van der Waals surface area contributed by atoms with E-state index in [1.165, 1.54) is 116 Å². The van der Waals surface area contributed by atoms with Gasteiger partial charge in [-0.1, -0.05) is 184 Å². The van der Waals surface area contributed by atoms with Crippen molar-refractivity contribution in [3.05, 3.63) is 60.8 Å². The summed E-state index contributed by atoms with van der Waals surface area (Å²) in [7, 11) is 0. The van der Waals surface area contributed by atoms with Crippen LogP contribution in [0.4, 0.5) is 0 Å². The van der Waals surface area contributed by atoms with Gasteiger partial charge in [0.1, 0.15) is 24.4 Å². The monoisotopic (exact) mass is 860 g/mol. The second kappa shape index (κ2) is 41.9. The lowest BCUT2D eigenvalue weighted by atomic mass is 9.99. The Morgan fingerprint density at radius 1 is 0.557 bits per heavy atom.